The van der Waals surface area contributed by atoms with Gasteiger partial charge < -0.3 is 24.1 Å². The van der Waals surface area contributed by atoms with E-state index >= 15 is 0 Å². The van der Waals surface area contributed by atoms with Crippen molar-refractivity contribution in [2.75, 3.05) is 13.4 Å². The molecule has 0 aliphatic carbocycles. The van der Waals surface area contributed by atoms with E-state index in [1.165, 1.54) is 12.3 Å². The second-order valence-electron chi connectivity index (χ2n) is 8.47. The minimum atomic E-state index is -2.18. The van der Waals surface area contributed by atoms with Gasteiger partial charge in [-0.2, -0.15) is 0 Å². The lowest BCUT2D eigenvalue weighted by Crippen LogP contribution is -2.49. The van der Waals surface area contributed by atoms with E-state index in [-0.39, 0.29) is 6.79 Å². The summed E-state index contributed by atoms with van der Waals surface area (Å²) in [6.07, 6.45) is -2.71. The van der Waals surface area contributed by atoms with E-state index in [0.29, 0.717) is 16.6 Å². The number of H-pyrrole nitrogens is 1. The number of rotatable bonds is 9. The molecule has 1 aromatic rings. The van der Waals surface area contributed by atoms with Crippen molar-refractivity contribution in [3.8, 4) is 0 Å². The first-order valence-electron chi connectivity index (χ1n) is 10.1. The Balaban J connectivity index is 2.23. The number of aliphatic hydroxyl groups is 2. The van der Waals surface area contributed by atoms with Crippen LogP contribution in [-0.2, 0) is 13.9 Å². The normalized spacial score (nSPS) is 25.5. The van der Waals surface area contributed by atoms with Crippen LogP contribution in [0.4, 0.5) is 0 Å². The zero-order valence-corrected chi connectivity index (χ0v) is 19.0. The van der Waals surface area contributed by atoms with E-state index in [2.05, 4.69) is 46.5 Å². The molecule has 3 N–H and O–H groups in total. The maximum Gasteiger partial charge on any atom is 0.330 e. The number of ether oxygens (including phenoxy) is 2. The Hall–Kier alpha value is -1.30. The quantitative estimate of drug-likeness (QED) is 0.399. The van der Waals surface area contributed by atoms with E-state index in [1.54, 1.807) is 0 Å². The number of aliphatic hydroxyl groups excluding tert-OH is 2. The summed E-state index contributed by atoms with van der Waals surface area (Å²) in [6.45, 7) is 12.5. The maximum absolute atomic E-state index is 12.2. The molecule has 1 fully saturated rings. The molecule has 166 valence electrons. The highest BCUT2D eigenvalue weighted by molar-refractivity contribution is 6.77. The van der Waals surface area contributed by atoms with Crippen molar-refractivity contribution in [3.05, 3.63) is 33.1 Å². The molecule has 2 rings (SSSR count). The van der Waals surface area contributed by atoms with Gasteiger partial charge in [0.1, 0.15) is 25.1 Å². The zero-order valence-electron chi connectivity index (χ0n) is 18.0. The van der Waals surface area contributed by atoms with Gasteiger partial charge in [0.25, 0.3) is 5.56 Å². The van der Waals surface area contributed by atoms with Gasteiger partial charge >= 0.3 is 5.69 Å². The van der Waals surface area contributed by atoms with Crippen LogP contribution in [0.3, 0.4) is 0 Å². The molecule has 2 unspecified atom stereocenters. The van der Waals surface area contributed by atoms with Gasteiger partial charge in [-0.05, 0) is 16.6 Å². The topological polar surface area (TPSA) is 123 Å². The van der Waals surface area contributed by atoms with Crippen molar-refractivity contribution in [2.45, 2.75) is 82.7 Å². The monoisotopic (exact) mass is 430 g/mol. The number of aromatic nitrogens is 2. The van der Waals surface area contributed by atoms with Crippen LogP contribution in [-0.4, -0.2) is 59.8 Å². The van der Waals surface area contributed by atoms with Crippen molar-refractivity contribution >= 4 is 8.32 Å². The summed E-state index contributed by atoms with van der Waals surface area (Å²) in [7, 11) is -2.18. The predicted octanol–water partition coefficient (Wildman–Crippen LogP) is 1.32. The molecule has 0 radical (unpaired) electrons. The molecule has 0 spiro atoms. The summed E-state index contributed by atoms with van der Waals surface area (Å²) in [5.41, 5.74) is -0.139. The lowest BCUT2D eigenvalue weighted by atomic mass is 10.1. The highest BCUT2D eigenvalue weighted by Gasteiger charge is 2.48. The Morgan fingerprint density at radius 1 is 1.17 bits per heavy atom. The molecule has 1 aromatic heterocycles. The third-order valence-corrected chi connectivity index (χ3v) is 11.9. The predicted molar refractivity (Wildman–Crippen MR) is 110 cm³/mol. The van der Waals surface area contributed by atoms with Crippen LogP contribution in [0.2, 0.25) is 16.6 Å². The SMILES string of the molecule is CC(C)[Si](OCOC1C(O)[C@H](CO)O[C@@H]1n1ccc(=O)[nH]c1=O)(C(C)C)C(C)C. The van der Waals surface area contributed by atoms with E-state index in [4.69, 9.17) is 13.9 Å². The molecular formula is C19H34N2O7Si. The highest BCUT2D eigenvalue weighted by Crippen LogP contribution is 2.42. The molecule has 0 aromatic carbocycles. The second kappa shape index (κ2) is 9.67. The first kappa shape index (κ1) is 24.0. The summed E-state index contributed by atoms with van der Waals surface area (Å²) in [4.78, 5) is 25.7. The molecule has 0 amide bonds. The average molecular weight is 431 g/mol. The highest BCUT2D eigenvalue weighted by atomic mass is 28.4. The Morgan fingerprint density at radius 3 is 2.24 bits per heavy atom. The summed E-state index contributed by atoms with van der Waals surface area (Å²) in [5, 5.41) is 20.0. The van der Waals surface area contributed by atoms with Gasteiger partial charge in [-0.25, -0.2) is 4.79 Å². The average Bonchev–Trinajstić information content (AvgIpc) is 2.93. The Morgan fingerprint density at radius 2 is 1.76 bits per heavy atom. The molecule has 9 nitrogen and oxygen atoms in total. The Kier molecular flexibility index (Phi) is 7.99. The van der Waals surface area contributed by atoms with Gasteiger partial charge in [0.05, 0.1) is 6.61 Å². The van der Waals surface area contributed by atoms with Gasteiger partial charge in [-0.3, -0.25) is 14.3 Å². The standard InChI is InChI=1S/C19H34N2O7Si/c1-11(2)29(12(3)4,13(5)6)27-10-26-17-16(24)14(9-22)28-18(17)21-8-7-15(23)20-19(21)25/h7-8,11-14,16-18,22,24H,9-10H2,1-6H3,(H,20,23,25)/t14-,16?,17?,18-/m0/s1. The smallest absolute Gasteiger partial charge is 0.330 e. The number of nitrogens with zero attached hydrogens (tertiary/aromatic N) is 1. The molecule has 1 aliphatic rings. The Labute approximate surface area is 171 Å². The van der Waals surface area contributed by atoms with E-state index < -0.39 is 50.7 Å². The molecule has 1 saturated heterocycles. The zero-order chi connectivity index (χ0) is 21.9. The molecular weight excluding hydrogens is 396 g/mol. The number of nitrogens with one attached hydrogen (secondary N) is 1. The van der Waals surface area contributed by atoms with Crippen molar-refractivity contribution in [3.63, 3.8) is 0 Å². The summed E-state index contributed by atoms with van der Waals surface area (Å²) in [5.74, 6) is 0. The lowest BCUT2D eigenvalue weighted by Gasteiger charge is -2.42. The largest absolute Gasteiger partial charge is 0.394 e. The van der Waals surface area contributed by atoms with E-state index in [0.717, 1.165) is 4.57 Å². The summed E-state index contributed by atoms with van der Waals surface area (Å²) >= 11 is 0. The number of hydrogen-bond acceptors (Lipinski definition) is 7. The fraction of sp³-hybridized carbons (Fsp3) is 0.789. The van der Waals surface area contributed by atoms with Crippen LogP contribution in [0.5, 0.6) is 0 Å². The van der Waals surface area contributed by atoms with Gasteiger partial charge in [-0.1, -0.05) is 41.5 Å². The van der Waals surface area contributed by atoms with Crippen LogP contribution in [0.15, 0.2) is 21.9 Å². The molecule has 0 saturated carbocycles. The lowest BCUT2D eigenvalue weighted by molar-refractivity contribution is -0.115. The van der Waals surface area contributed by atoms with Gasteiger partial charge in [0.15, 0.2) is 6.23 Å². The first-order valence-corrected chi connectivity index (χ1v) is 12.2. The van der Waals surface area contributed by atoms with Crippen LogP contribution >= 0.6 is 0 Å². The molecule has 29 heavy (non-hydrogen) atoms. The maximum atomic E-state index is 12.2. The van der Waals surface area contributed by atoms with Crippen LogP contribution in [0.25, 0.3) is 0 Å². The minimum Gasteiger partial charge on any atom is -0.394 e. The number of aromatic amines is 1. The number of hydrogen-bond donors (Lipinski definition) is 3. The van der Waals surface area contributed by atoms with E-state index in [9.17, 15) is 19.8 Å². The van der Waals surface area contributed by atoms with Crippen LogP contribution in [0, 0.1) is 0 Å². The fourth-order valence-corrected chi connectivity index (χ4v) is 9.89. The summed E-state index contributed by atoms with van der Waals surface area (Å²) < 4.78 is 19.0. The third kappa shape index (κ3) is 4.73. The Bertz CT molecular complexity index is 755. The fourth-order valence-electron chi connectivity index (χ4n) is 4.62. The van der Waals surface area contributed by atoms with Crippen molar-refractivity contribution < 1.29 is 24.1 Å². The second-order valence-corrected chi connectivity index (χ2v) is 13.9. The molecule has 2 heterocycles. The van der Waals surface area contributed by atoms with Crippen molar-refractivity contribution in [1.82, 2.24) is 9.55 Å². The molecule has 1 aliphatic heterocycles. The van der Waals surface area contributed by atoms with Crippen molar-refractivity contribution in [2.24, 2.45) is 0 Å². The minimum absolute atomic E-state index is 0.0569. The van der Waals surface area contributed by atoms with Crippen LogP contribution < -0.4 is 11.2 Å². The van der Waals surface area contributed by atoms with Gasteiger partial charge in [0.2, 0.25) is 8.32 Å². The summed E-state index contributed by atoms with van der Waals surface area (Å²) in [6, 6.07) is 1.19. The van der Waals surface area contributed by atoms with Crippen LogP contribution in [0.1, 0.15) is 47.8 Å². The van der Waals surface area contributed by atoms with Gasteiger partial charge in [0, 0.05) is 12.3 Å². The first-order chi connectivity index (χ1) is 13.6. The molecule has 10 heteroatoms. The molecule has 0 bridgehead atoms. The van der Waals surface area contributed by atoms with Gasteiger partial charge in [-0.15, -0.1) is 0 Å². The third-order valence-electron chi connectivity index (χ3n) is 5.89. The van der Waals surface area contributed by atoms with E-state index in [1.807, 2.05) is 0 Å². The molecule has 4 atom stereocenters. The van der Waals surface area contributed by atoms with Crippen molar-refractivity contribution in [1.29, 1.82) is 0 Å².